The van der Waals surface area contributed by atoms with Crippen LogP contribution in [0.4, 0.5) is 0 Å². The van der Waals surface area contributed by atoms with Crippen molar-refractivity contribution < 1.29 is 23.7 Å². The zero-order chi connectivity index (χ0) is 17.9. The van der Waals surface area contributed by atoms with Gasteiger partial charge in [0.2, 0.25) is 12.7 Å². The number of esters is 1. The zero-order valence-electron chi connectivity index (χ0n) is 14.0. The van der Waals surface area contributed by atoms with Gasteiger partial charge in [-0.3, -0.25) is 0 Å². The molecule has 0 bridgehead atoms. The van der Waals surface area contributed by atoms with E-state index >= 15 is 0 Å². The number of aliphatic imine (C=N–C) groups is 1. The summed E-state index contributed by atoms with van der Waals surface area (Å²) < 4.78 is 20.9. The van der Waals surface area contributed by atoms with Gasteiger partial charge in [0.25, 0.3) is 0 Å². The standard InChI is InChI=1S/C20H15NO5/c1-23-15-6-2-13(3-7-15)5-9-19-21-16(20(22)26-19)10-14-4-8-17-18(11-14)25-12-24-17/h2-11H,12H2,1H3. The van der Waals surface area contributed by atoms with Gasteiger partial charge in [0, 0.05) is 6.08 Å². The molecule has 26 heavy (non-hydrogen) atoms. The Morgan fingerprint density at radius 2 is 1.77 bits per heavy atom. The molecule has 0 fully saturated rings. The van der Waals surface area contributed by atoms with E-state index in [1.807, 2.05) is 36.4 Å². The van der Waals surface area contributed by atoms with Gasteiger partial charge < -0.3 is 18.9 Å². The Morgan fingerprint density at radius 3 is 2.58 bits per heavy atom. The van der Waals surface area contributed by atoms with Crippen molar-refractivity contribution in [2.45, 2.75) is 0 Å². The van der Waals surface area contributed by atoms with Crippen molar-refractivity contribution in [3.63, 3.8) is 0 Å². The number of methoxy groups -OCH3 is 1. The molecule has 0 N–H and O–H groups in total. The lowest BCUT2D eigenvalue weighted by Gasteiger charge is -1.98. The van der Waals surface area contributed by atoms with E-state index < -0.39 is 5.97 Å². The summed E-state index contributed by atoms with van der Waals surface area (Å²) in [5, 5.41) is 0. The molecule has 6 nitrogen and oxygen atoms in total. The molecular formula is C20H15NO5. The summed E-state index contributed by atoms with van der Waals surface area (Å²) in [7, 11) is 1.62. The number of ether oxygens (including phenoxy) is 4. The van der Waals surface area contributed by atoms with Crippen LogP contribution in [0.3, 0.4) is 0 Å². The second-order valence-corrected chi connectivity index (χ2v) is 5.59. The Bertz CT molecular complexity index is 941. The van der Waals surface area contributed by atoms with E-state index in [2.05, 4.69) is 4.99 Å². The number of fused-ring (bicyclic) bond motifs is 1. The molecule has 2 aromatic carbocycles. The summed E-state index contributed by atoms with van der Waals surface area (Å²) in [6.07, 6.45) is 5.12. The molecule has 6 heteroatoms. The lowest BCUT2D eigenvalue weighted by atomic mass is 10.1. The Labute approximate surface area is 150 Å². The third kappa shape index (κ3) is 3.30. The summed E-state index contributed by atoms with van der Waals surface area (Å²) in [5.41, 5.74) is 1.96. The number of hydrogen-bond acceptors (Lipinski definition) is 6. The van der Waals surface area contributed by atoms with E-state index in [-0.39, 0.29) is 18.4 Å². The predicted molar refractivity (Wildman–Crippen MR) is 96.1 cm³/mol. The van der Waals surface area contributed by atoms with E-state index in [0.717, 1.165) is 16.9 Å². The van der Waals surface area contributed by atoms with Gasteiger partial charge in [0.15, 0.2) is 17.2 Å². The first kappa shape index (κ1) is 16.0. The smallest absolute Gasteiger partial charge is 0.363 e. The molecule has 2 aliphatic heterocycles. The van der Waals surface area contributed by atoms with E-state index in [4.69, 9.17) is 18.9 Å². The Hall–Kier alpha value is -3.54. The third-order valence-corrected chi connectivity index (χ3v) is 3.87. The molecule has 0 saturated heterocycles. The summed E-state index contributed by atoms with van der Waals surface area (Å²) in [6.45, 7) is 0.204. The molecule has 0 aliphatic carbocycles. The number of carbonyl (C=O) groups is 1. The van der Waals surface area contributed by atoms with Gasteiger partial charge in [0.05, 0.1) is 7.11 Å². The van der Waals surface area contributed by atoms with Crippen LogP contribution in [-0.2, 0) is 9.53 Å². The van der Waals surface area contributed by atoms with Crippen molar-refractivity contribution in [3.05, 3.63) is 65.4 Å². The highest BCUT2D eigenvalue weighted by Gasteiger charge is 2.21. The molecule has 2 aromatic rings. The molecule has 0 aromatic heterocycles. The highest BCUT2D eigenvalue weighted by molar-refractivity contribution is 6.11. The second kappa shape index (κ2) is 6.76. The molecular weight excluding hydrogens is 334 g/mol. The number of hydrogen-bond donors (Lipinski definition) is 0. The minimum Gasteiger partial charge on any atom is -0.497 e. The van der Waals surface area contributed by atoms with Crippen LogP contribution in [-0.4, -0.2) is 25.8 Å². The van der Waals surface area contributed by atoms with Crippen molar-refractivity contribution >= 4 is 24.0 Å². The minimum atomic E-state index is -0.489. The number of nitrogens with zero attached hydrogens (tertiary/aromatic N) is 1. The first-order valence-corrected chi connectivity index (χ1v) is 7.95. The maximum Gasteiger partial charge on any atom is 0.363 e. The molecule has 4 rings (SSSR count). The lowest BCUT2D eigenvalue weighted by Crippen LogP contribution is -2.01. The molecule has 0 spiro atoms. The van der Waals surface area contributed by atoms with Crippen LogP contribution in [0.2, 0.25) is 0 Å². The summed E-state index contributed by atoms with van der Waals surface area (Å²) in [4.78, 5) is 16.2. The van der Waals surface area contributed by atoms with Crippen LogP contribution in [0.15, 0.2) is 59.2 Å². The monoisotopic (exact) mass is 349 g/mol. The van der Waals surface area contributed by atoms with E-state index in [9.17, 15) is 4.79 Å². The van der Waals surface area contributed by atoms with Gasteiger partial charge >= 0.3 is 5.97 Å². The molecule has 0 amide bonds. The van der Waals surface area contributed by atoms with Crippen LogP contribution in [0.1, 0.15) is 11.1 Å². The topological polar surface area (TPSA) is 66.3 Å². The molecule has 0 saturated carbocycles. The Morgan fingerprint density at radius 1 is 1.00 bits per heavy atom. The fraction of sp³-hybridized carbons (Fsp3) is 0.100. The van der Waals surface area contributed by atoms with Crippen LogP contribution in [0, 0.1) is 0 Å². The van der Waals surface area contributed by atoms with Gasteiger partial charge in [-0.1, -0.05) is 18.2 Å². The highest BCUT2D eigenvalue weighted by Crippen LogP contribution is 2.33. The Kier molecular flexibility index (Phi) is 4.15. The number of carbonyl (C=O) groups excluding carboxylic acids is 1. The van der Waals surface area contributed by atoms with Gasteiger partial charge in [-0.2, -0.15) is 0 Å². The summed E-state index contributed by atoms with van der Waals surface area (Å²) in [5.74, 6) is 1.87. The van der Waals surface area contributed by atoms with E-state index in [0.29, 0.717) is 11.5 Å². The quantitative estimate of drug-likeness (QED) is 0.625. The number of benzene rings is 2. The van der Waals surface area contributed by atoms with E-state index in [1.165, 1.54) is 0 Å². The number of cyclic esters (lactones) is 1. The summed E-state index contributed by atoms with van der Waals surface area (Å²) in [6, 6.07) is 12.9. The molecule has 0 atom stereocenters. The first-order valence-electron chi connectivity index (χ1n) is 7.95. The molecule has 0 unspecified atom stereocenters. The third-order valence-electron chi connectivity index (χ3n) is 3.87. The van der Waals surface area contributed by atoms with Gasteiger partial charge in [-0.05, 0) is 47.5 Å². The molecule has 130 valence electrons. The fourth-order valence-corrected chi connectivity index (χ4v) is 2.54. The lowest BCUT2D eigenvalue weighted by molar-refractivity contribution is -0.129. The van der Waals surface area contributed by atoms with Crippen molar-refractivity contribution in [1.82, 2.24) is 0 Å². The first-order chi connectivity index (χ1) is 12.7. The number of rotatable bonds is 4. The largest absolute Gasteiger partial charge is 0.497 e. The molecule has 0 radical (unpaired) electrons. The van der Waals surface area contributed by atoms with Crippen molar-refractivity contribution in [2.75, 3.05) is 13.9 Å². The SMILES string of the molecule is COc1ccc(C=CC2=NC(=Cc3ccc4c(c3)OCO4)C(=O)O2)cc1. The Balaban J connectivity index is 1.52. The molecule has 2 heterocycles. The maximum atomic E-state index is 12.0. The second-order valence-electron chi connectivity index (χ2n) is 5.59. The van der Waals surface area contributed by atoms with Crippen LogP contribution >= 0.6 is 0 Å². The molecule has 2 aliphatic rings. The van der Waals surface area contributed by atoms with Gasteiger partial charge in [0.1, 0.15) is 5.75 Å². The van der Waals surface area contributed by atoms with Crippen molar-refractivity contribution in [2.24, 2.45) is 4.99 Å². The van der Waals surface area contributed by atoms with Crippen LogP contribution in [0.25, 0.3) is 12.2 Å². The van der Waals surface area contributed by atoms with Gasteiger partial charge in [-0.15, -0.1) is 0 Å². The zero-order valence-corrected chi connectivity index (χ0v) is 14.0. The van der Waals surface area contributed by atoms with Crippen molar-refractivity contribution in [3.8, 4) is 17.2 Å². The summed E-state index contributed by atoms with van der Waals surface area (Å²) >= 11 is 0. The average Bonchev–Trinajstić information content (AvgIpc) is 3.27. The maximum absolute atomic E-state index is 12.0. The van der Waals surface area contributed by atoms with Gasteiger partial charge in [-0.25, -0.2) is 9.79 Å². The minimum absolute atomic E-state index is 0.204. The van der Waals surface area contributed by atoms with Crippen LogP contribution in [0.5, 0.6) is 17.2 Å². The average molecular weight is 349 g/mol. The fourth-order valence-electron chi connectivity index (χ4n) is 2.54. The van der Waals surface area contributed by atoms with E-state index in [1.54, 1.807) is 31.4 Å². The normalized spacial score (nSPS) is 16.9. The highest BCUT2D eigenvalue weighted by atomic mass is 16.7. The van der Waals surface area contributed by atoms with Crippen LogP contribution < -0.4 is 14.2 Å². The predicted octanol–water partition coefficient (Wildman–Crippen LogP) is 3.43. The van der Waals surface area contributed by atoms with Crippen molar-refractivity contribution in [1.29, 1.82) is 0 Å².